The van der Waals surface area contributed by atoms with Crippen LogP contribution in [0.4, 0.5) is 4.79 Å². The highest BCUT2D eigenvalue weighted by molar-refractivity contribution is 5.95. The van der Waals surface area contributed by atoms with Crippen molar-refractivity contribution in [2.24, 2.45) is 0 Å². The Kier molecular flexibility index (Phi) is 12.1. The number of carbonyl (C=O) groups excluding carboxylic acids is 4. The van der Waals surface area contributed by atoms with Gasteiger partial charge in [0.05, 0.1) is 18.6 Å². The predicted octanol–water partition coefficient (Wildman–Crippen LogP) is 5.22. The Balaban J connectivity index is 1.35. The number of fused-ring (bicyclic) bond motifs is 4. The van der Waals surface area contributed by atoms with Crippen LogP contribution in [0.15, 0.2) is 79.0 Å². The highest BCUT2D eigenvalue weighted by atomic mass is 16.6. The summed E-state index contributed by atoms with van der Waals surface area (Å²) in [4.78, 5) is 69.3. The van der Waals surface area contributed by atoms with Crippen molar-refractivity contribution in [3.05, 3.63) is 95.7 Å². The Morgan fingerprint density at radius 2 is 1.31 bits per heavy atom. The summed E-state index contributed by atoms with van der Waals surface area (Å²) >= 11 is 0. The smallest absolute Gasteiger partial charge is 0.407 e. The second kappa shape index (κ2) is 16.5. The van der Waals surface area contributed by atoms with E-state index in [-0.39, 0.29) is 25.6 Å². The molecule has 0 bridgehead atoms. The second-order valence-corrected chi connectivity index (χ2v) is 15.3. The topological polar surface area (TPSA) is 185 Å². The van der Waals surface area contributed by atoms with E-state index in [0.29, 0.717) is 5.56 Å². The summed E-state index contributed by atoms with van der Waals surface area (Å²) < 4.78 is 17.0. The molecule has 0 unspecified atom stereocenters. The molecule has 13 nitrogen and oxygen atoms in total. The molecule has 13 heteroatoms. The van der Waals surface area contributed by atoms with Crippen LogP contribution < -0.4 is 16.0 Å². The third-order valence-electron chi connectivity index (χ3n) is 8.75. The fraction of sp³-hybridized carbons (Fsp3) is 0.390. The van der Waals surface area contributed by atoms with Gasteiger partial charge in [-0.1, -0.05) is 66.7 Å². The van der Waals surface area contributed by atoms with Crippen LogP contribution in [-0.2, 0) is 39.8 Å². The zero-order valence-corrected chi connectivity index (χ0v) is 31.4. The number of H-pyrrole nitrogens is 1. The normalized spacial score (nSPS) is 14.3. The number of nitrogens with one attached hydrogen (secondary N) is 4. The molecular weight excluding hydrogens is 692 g/mol. The van der Waals surface area contributed by atoms with Gasteiger partial charge >= 0.3 is 18.0 Å². The first kappa shape index (κ1) is 39.5. The molecule has 1 aliphatic rings. The number of carboxylic acid groups (broad SMARTS) is 1. The van der Waals surface area contributed by atoms with Crippen LogP contribution >= 0.6 is 0 Å². The van der Waals surface area contributed by atoms with Gasteiger partial charge in [0, 0.05) is 29.4 Å². The van der Waals surface area contributed by atoms with Crippen molar-refractivity contribution in [3.63, 3.8) is 0 Å². The van der Waals surface area contributed by atoms with Gasteiger partial charge in [0.15, 0.2) is 6.04 Å². The number of para-hydroxylation sites is 1. The van der Waals surface area contributed by atoms with E-state index in [1.165, 1.54) is 0 Å². The van der Waals surface area contributed by atoms with E-state index in [0.717, 1.165) is 33.2 Å². The number of ether oxygens (including phenoxy) is 3. The Morgan fingerprint density at radius 3 is 1.93 bits per heavy atom. The molecule has 5 N–H and O–H groups in total. The number of carbonyl (C=O) groups is 5. The van der Waals surface area contributed by atoms with E-state index >= 15 is 0 Å². The molecule has 0 fully saturated rings. The van der Waals surface area contributed by atoms with Crippen LogP contribution in [0.1, 0.15) is 70.6 Å². The third kappa shape index (κ3) is 10.2. The zero-order chi connectivity index (χ0) is 39.2. The first-order valence-corrected chi connectivity index (χ1v) is 17.8. The van der Waals surface area contributed by atoms with Crippen molar-refractivity contribution < 1.29 is 43.3 Å². The molecule has 0 radical (unpaired) electrons. The zero-order valence-electron chi connectivity index (χ0n) is 31.4. The molecule has 286 valence electrons. The summed E-state index contributed by atoms with van der Waals surface area (Å²) in [6.45, 7) is 10.0. The van der Waals surface area contributed by atoms with Gasteiger partial charge < -0.3 is 40.3 Å². The predicted molar refractivity (Wildman–Crippen MR) is 202 cm³/mol. The minimum absolute atomic E-state index is 0.00593. The van der Waals surface area contributed by atoms with Crippen molar-refractivity contribution >= 4 is 40.7 Å². The second-order valence-electron chi connectivity index (χ2n) is 15.3. The number of aromatic nitrogens is 1. The lowest BCUT2D eigenvalue weighted by Crippen LogP contribution is -2.58. The van der Waals surface area contributed by atoms with Crippen molar-refractivity contribution in [1.82, 2.24) is 20.9 Å². The Hall–Kier alpha value is -5.69. The number of amides is 3. The van der Waals surface area contributed by atoms with Gasteiger partial charge in [-0.15, -0.1) is 0 Å². The van der Waals surface area contributed by atoms with E-state index in [2.05, 4.69) is 20.9 Å². The van der Waals surface area contributed by atoms with Gasteiger partial charge in [-0.3, -0.25) is 14.4 Å². The molecule has 0 saturated heterocycles. The summed E-state index contributed by atoms with van der Waals surface area (Å²) in [5.41, 5.74) is 4.06. The molecule has 0 saturated carbocycles. The number of carboxylic acids is 1. The molecular formula is C41H48N4O9. The lowest BCUT2D eigenvalue weighted by atomic mass is 9.98. The minimum Gasteiger partial charge on any atom is -0.481 e. The van der Waals surface area contributed by atoms with E-state index in [4.69, 9.17) is 14.2 Å². The SMILES string of the molecule is CC(C)(C)OC[C@H](NC(=O)[C@H](CC(=O)O)NC(=O)[C@H](Cc1c[nH]c2ccccc12)NC(=O)OCC1c2ccccc2-c2ccccc21)C(=O)OC(C)(C)C. The molecule has 1 heterocycles. The molecule has 0 aliphatic heterocycles. The number of rotatable bonds is 14. The van der Waals surface area contributed by atoms with Gasteiger partial charge in [0.25, 0.3) is 0 Å². The summed E-state index contributed by atoms with van der Waals surface area (Å²) in [6.07, 6.45) is -0.00226. The van der Waals surface area contributed by atoms with Crippen molar-refractivity contribution in [3.8, 4) is 11.1 Å². The number of hydrogen-bond acceptors (Lipinski definition) is 8. The third-order valence-corrected chi connectivity index (χ3v) is 8.75. The Labute approximate surface area is 314 Å². The molecule has 5 rings (SSSR count). The van der Waals surface area contributed by atoms with E-state index in [1.807, 2.05) is 72.8 Å². The van der Waals surface area contributed by atoms with Crippen LogP contribution in [0, 0.1) is 0 Å². The Morgan fingerprint density at radius 1 is 0.741 bits per heavy atom. The quantitative estimate of drug-likeness (QED) is 0.108. The van der Waals surface area contributed by atoms with Crippen molar-refractivity contribution in [1.29, 1.82) is 0 Å². The van der Waals surface area contributed by atoms with Crippen molar-refractivity contribution in [2.75, 3.05) is 13.2 Å². The average molecular weight is 741 g/mol. The molecule has 4 aromatic rings. The van der Waals surface area contributed by atoms with E-state index in [9.17, 15) is 29.1 Å². The molecule has 0 spiro atoms. The van der Waals surface area contributed by atoms with Gasteiger partial charge in [-0.2, -0.15) is 0 Å². The molecule has 1 aliphatic carbocycles. The monoisotopic (exact) mass is 740 g/mol. The van der Waals surface area contributed by atoms with Gasteiger partial charge in [-0.25, -0.2) is 9.59 Å². The van der Waals surface area contributed by atoms with Gasteiger partial charge in [0.2, 0.25) is 11.8 Å². The number of aromatic amines is 1. The van der Waals surface area contributed by atoms with Crippen LogP contribution in [-0.4, -0.2) is 82.5 Å². The first-order valence-electron chi connectivity index (χ1n) is 17.8. The fourth-order valence-electron chi connectivity index (χ4n) is 6.32. The lowest BCUT2D eigenvalue weighted by Gasteiger charge is -2.28. The van der Waals surface area contributed by atoms with E-state index < -0.39 is 65.6 Å². The molecule has 3 atom stereocenters. The summed E-state index contributed by atoms with van der Waals surface area (Å²) in [5.74, 6) is -4.20. The number of benzene rings is 3. The maximum Gasteiger partial charge on any atom is 0.407 e. The highest BCUT2D eigenvalue weighted by Crippen LogP contribution is 2.44. The molecule has 1 aromatic heterocycles. The molecule has 3 amide bonds. The maximum atomic E-state index is 14.0. The summed E-state index contributed by atoms with van der Waals surface area (Å²) in [6, 6.07) is 19.0. The standard InChI is InChI=1S/C41H48N4O9/c1-40(2,3)53-23-34(38(50)54-41(4,5)6)44-37(49)33(20-35(46)47)43-36(48)32(19-24-21-42-31-18-12-11-13-25(24)31)45-39(51)52-22-30-28-16-9-7-14-26(28)27-15-8-10-17-29(27)30/h7-18,21,30,32-34,42H,19-20,22-23H2,1-6H3,(H,43,48)(H,44,49)(H,45,51)(H,46,47)/t32-,33-,34-/m0/s1. The van der Waals surface area contributed by atoms with E-state index in [1.54, 1.807) is 47.7 Å². The highest BCUT2D eigenvalue weighted by Gasteiger charge is 2.35. The van der Waals surface area contributed by atoms with Crippen molar-refractivity contribution in [2.45, 2.75) is 89.6 Å². The van der Waals surface area contributed by atoms with Crippen LogP contribution in [0.2, 0.25) is 0 Å². The lowest BCUT2D eigenvalue weighted by molar-refractivity contribution is -0.162. The molecule has 54 heavy (non-hydrogen) atoms. The average Bonchev–Trinajstić information content (AvgIpc) is 3.65. The maximum absolute atomic E-state index is 14.0. The largest absolute Gasteiger partial charge is 0.481 e. The number of esters is 1. The van der Waals surface area contributed by atoms with Crippen LogP contribution in [0.25, 0.3) is 22.0 Å². The summed E-state index contributed by atoms with van der Waals surface area (Å²) in [7, 11) is 0. The fourth-order valence-corrected chi connectivity index (χ4v) is 6.32. The number of hydrogen-bond donors (Lipinski definition) is 5. The molecule has 3 aromatic carbocycles. The summed E-state index contributed by atoms with van der Waals surface area (Å²) in [5, 5.41) is 18.2. The Bertz CT molecular complexity index is 1960. The van der Waals surface area contributed by atoms with Crippen LogP contribution in [0.3, 0.4) is 0 Å². The minimum atomic E-state index is -1.63. The first-order chi connectivity index (χ1) is 25.5. The van der Waals surface area contributed by atoms with Crippen LogP contribution in [0.5, 0.6) is 0 Å². The number of alkyl carbamates (subject to hydrolysis) is 1. The number of aliphatic carboxylic acids is 1. The van der Waals surface area contributed by atoms with Gasteiger partial charge in [-0.05, 0) is 75.4 Å². The van der Waals surface area contributed by atoms with Gasteiger partial charge in [0.1, 0.15) is 24.3 Å².